The van der Waals surface area contributed by atoms with E-state index in [-0.39, 0.29) is 6.61 Å². The molecule has 0 spiro atoms. The van der Waals surface area contributed by atoms with E-state index in [4.69, 9.17) is 11.6 Å². The molecule has 0 aliphatic carbocycles. The van der Waals surface area contributed by atoms with Crippen LogP contribution in [0.3, 0.4) is 0 Å². The average Bonchev–Trinajstić information content (AvgIpc) is 2.18. The number of methoxy groups -OCH3 is 2. The summed E-state index contributed by atoms with van der Waals surface area (Å²) in [7, 11) is 1.39. The minimum atomic E-state index is -5.04. The Morgan fingerprint density at radius 2 is 1.62 bits per heavy atom. The molecule has 0 saturated heterocycles. The minimum absolute atomic E-state index is 0.177. The molecular formula is C8H11ClF4O3. The zero-order valence-corrected chi connectivity index (χ0v) is 9.58. The summed E-state index contributed by atoms with van der Waals surface area (Å²) in [6.45, 7) is 1.21. The second-order valence-corrected chi connectivity index (χ2v) is 2.92. The maximum atomic E-state index is 13.1. The first-order chi connectivity index (χ1) is 7.26. The van der Waals surface area contributed by atoms with Gasteiger partial charge in [0.25, 0.3) is 6.01 Å². The predicted octanol–water partition coefficient (Wildman–Crippen LogP) is 2.95. The van der Waals surface area contributed by atoms with Gasteiger partial charge in [0.1, 0.15) is 0 Å². The van der Waals surface area contributed by atoms with Gasteiger partial charge in [0.15, 0.2) is 5.03 Å². The first-order valence-corrected chi connectivity index (χ1v) is 4.50. The van der Waals surface area contributed by atoms with E-state index in [0.717, 1.165) is 0 Å². The molecule has 16 heavy (non-hydrogen) atoms. The number of hydrogen-bond acceptors (Lipinski definition) is 3. The second kappa shape index (κ2) is 5.70. The Morgan fingerprint density at radius 1 is 1.19 bits per heavy atom. The van der Waals surface area contributed by atoms with Gasteiger partial charge in [0.2, 0.25) is 0 Å². The Morgan fingerprint density at radius 3 is 1.88 bits per heavy atom. The Labute approximate surface area is 94.9 Å². The van der Waals surface area contributed by atoms with Crippen molar-refractivity contribution in [3.05, 3.63) is 11.0 Å². The van der Waals surface area contributed by atoms with Crippen molar-refractivity contribution < 1.29 is 31.8 Å². The Hall–Kier alpha value is -0.530. The Kier molecular flexibility index (Phi) is 5.51. The minimum Gasteiger partial charge on any atom is -0.470 e. The van der Waals surface area contributed by atoms with E-state index < -0.39 is 23.0 Å². The molecule has 0 rings (SSSR count). The van der Waals surface area contributed by atoms with Gasteiger partial charge in [-0.25, -0.2) is 0 Å². The molecule has 0 atom stereocenters. The van der Waals surface area contributed by atoms with Crippen molar-refractivity contribution in [2.24, 2.45) is 0 Å². The van der Waals surface area contributed by atoms with Crippen molar-refractivity contribution in [1.29, 1.82) is 0 Å². The normalized spacial score (nSPS) is 14.8. The topological polar surface area (TPSA) is 27.7 Å². The van der Waals surface area contributed by atoms with E-state index in [1.807, 2.05) is 0 Å². The Balaban J connectivity index is 5.45. The standard InChI is InChI=1S/C8H11ClF4O3/c1-4-16-6(10)5(9)7(14-2,15-3)8(11,12)13/h4H2,1-3H3/b6-5+. The van der Waals surface area contributed by atoms with Gasteiger partial charge in [-0.15, -0.1) is 0 Å². The highest BCUT2D eigenvalue weighted by atomic mass is 35.5. The van der Waals surface area contributed by atoms with Crippen LogP contribution in [0.15, 0.2) is 11.0 Å². The van der Waals surface area contributed by atoms with Crippen LogP contribution in [0.5, 0.6) is 0 Å². The zero-order valence-electron chi connectivity index (χ0n) is 8.82. The van der Waals surface area contributed by atoms with Crippen molar-refractivity contribution in [1.82, 2.24) is 0 Å². The van der Waals surface area contributed by atoms with Gasteiger partial charge >= 0.3 is 12.0 Å². The van der Waals surface area contributed by atoms with Crippen LogP contribution < -0.4 is 0 Å². The van der Waals surface area contributed by atoms with E-state index in [0.29, 0.717) is 14.2 Å². The van der Waals surface area contributed by atoms with Crippen molar-refractivity contribution >= 4 is 11.6 Å². The molecule has 0 fully saturated rings. The lowest BCUT2D eigenvalue weighted by Gasteiger charge is -2.31. The predicted molar refractivity (Wildman–Crippen MR) is 48.4 cm³/mol. The molecular weight excluding hydrogens is 256 g/mol. The maximum absolute atomic E-state index is 13.1. The largest absolute Gasteiger partial charge is 0.470 e. The summed E-state index contributed by atoms with van der Waals surface area (Å²) in [6, 6.07) is -1.59. The molecule has 0 unspecified atom stereocenters. The molecule has 0 N–H and O–H groups in total. The third-order valence-electron chi connectivity index (χ3n) is 1.68. The van der Waals surface area contributed by atoms with Crippen molar-refractivity contribution in [2.45, 2.75) is 18.9 Å². The third kappa shape index (κ3) is 2.78. The fourth-order valence-electron chi connectivity index (χ4n) is 0.938. The van der Waals surface area contributed by atoms with Gasteiger partial charge < -0.3 is 14.2 Å². The van der Waals surface area contributed by atoms with E-state index in [2.05, 4.69) is 14.2 Å². The average molecular weight is 267 g/mol. The SMILES string of the molecule is CCO/C(F)=C(/Cl)C(OC)(OC)C(F)(F)F. The van der Waals surface area contributed by atoms with Gasteiger partial charge in [-0.3, -0.25) is 0 Å². The summed E-state index contributed by atoms with van der Waals surface area (Å²) in [5.41, 5.74) is 0. The van der Waals surface area contributed by atoms with Crippen molar-refractivity contribution in [2.75, 3.05) is 20.8 Å². The molecule has 0 radical (unpaired) electrons. The molecule has 0 amide bonds. The van der Waals surface area contributed by atoms with Crippen LogP contribution in [0, 0.1) is 0 Å². The lowest BCUT2D eigenvalue weighted by atomic mass is 10.2. The molecule has 0 aromatic carbocycles. The van der Waals surface area contributed by atoms with Crippen LogP contribution in [0.4, 0.5) is 17.6 Å². The number of halogens is 5. The molecule has 0 saturated carbocycles. The summed E-state index contributed by atoms with van der Waals surface area (Å²) in [5.74, 6) is -3.35. The molecule has 0 aromatic rings. The number of rotatable bonds is 5. The Bertz CT molecular complexity index is 260. The summed E-state index contributed by atoms with van der Waals surface area (Å²) in [4.78, 5) is 0. The highest BCUT2D eigenvalue weighted by Gasteiger charge is 2.61. The molecule has 0 aliphatic rings. The summed E-state index contributed by atoms with van der Waals surface area (Å²) in [6.07, 6.45) is -5.04. The van der Waals surface area contributed by atoms with Gasteiger partial charge in [-0.2, -0.15) is 17.6 Å². The van der Waals surface area contributed by atoms with Gasteiger partial charge in [-0.1, -0.05) is 11.6 Å². The maximum Gasteiger partial charge on any atom is 0.449 e. The van der Waals surface area contributed by atoms with Gasteiger partial charge in [0, 0.05) is 14.2 Å². The highest BCUT2D eigenvalue weighted by molar-refractivity contribution is 6.30. The van der Waals surface area contributed by atoms with Gasteiger partial charge in [0.05, 0.1) is 6.61 Å². The van der Waals surface area contributed by atoms with Crippen molar-refractivity contribution in [3.63, 3.8) is 0 Å². The van der Waals surface area contributed by atoms with E-state index in [9.17, 15) is 17.6 Å². The molecule has 0 bridgehead atoms. The van der Waals surface area contributed by atoms with E-state index in [1.165, 1.54) is 6.92 Å². The number of alkyl halides is 3. The lowest BCUT2D eigenvalue weighted by molar-refractivity contribution is -0.345. The third-order valence-corrected chi connectivity index (χ3v) is 2.08. The molecule has 8 heteroatoms. The lowest BCUT2D eigenvalue weighted by Crippen LogP contribution is -2.49. The number of ether oxygens (including phenoxy) is 3. The van der Waals surface area contributed by atoms with E-state index in [1.54, 1.807) is 0 Å². The van der Waals surface area contributed by atoms with Gasteiger partial charge in [-0.05, 0) is 6.92 Å². The smallest absolute Gasteiger partial charge is 0.449 e. The van der Waals surface area contributed by atoms with Crippen LogP contribution in [0.25, 0.3) is 0 Å². The fraction of sp³-hybridized carbons (Fsp3) is 0.750. The fourth-order valence-corrected chi connectivity index (χ4v) is 1.25. The molecule has 0 aromatic heterocycles. The van der Waals surface area contributed by atoms with Crippen LogP contribution >= 0.6 is 11.6 Å². The summed E-state index contributed by atoms with van der Waals surface area (Å²) in [5, 5.41) is -1.34. The quantitative estimate of drug-likeness (QED) is 0.435. The van der Waals surface area contributed by atoms with Crippen LogP contribution in [0.2, 0.25) is 0 Å². The first kappa shape index (κ1) is 15.5. The monoisotopic (exact) mass is 266 g/mol. The molecule has 3 nitrogen and oxygen atoms in total. The summed E-state index contributed by atoms with van der Waals surface area (Å²) < 4.78 is 63.4. The van der Waals surface area contributed by atoms with Crippen LogP contribution in [-0.2, 0) is 14.2 Å². The van der Waals surface area contributed by atoms with Crippen molar-refractivity contribution in [3.8, 4) is 0 Å². The molecule has 0 heterocycles. The van der Waals surface area contributed by atoms with Crippen LogP contribution in [0.1, 0.15) is 6.92 Å². The summed E-state index contributed by atoms with van der Waals surface area (Å²) >= 11 is 5.23. The second-order valence-electron chi connectivity index (χ2n) is 2.54. The molecule has 0 aliphatic heterocycles. The van der Waals surface area contributed by atoms with Crippen LogP contribution in [-0.4, -0.2) is 32.8 Å². The number of hydrogen-bond donors (Lipinski definition) is 0. The zero-order chi connectivity index (χ0) is 13.0. The van der Waals surface area contributed by atoms with E-state index >= 15 is 0 Å². The highest BCUT2D eigenvalue weighted by Crippen LogP contribution is 2.42. The molecule has 96 valence electrons. The first-order valence-electron chi connectivity index (χ1n) is 4.12.